The summed E-state index contributed by atoms with van der Waals surface area (Å²) in [6.45, 7) is 1.97. The molecule has 2 rings (SSSR count). The van der Waals surface area contributed by atoms with Crippen LogP contribution in [0.15, 0.2) is 18.3 Å². The fourth-order valence-corrected chi connectivity index (χ4v) is 1.79. The molecule has 76 valence electrons. The quantitative estimate of drug-likeness (QED) is 0.757. The van der Waals surface area contributed by atoms with Gasteiger partial charge < -0.3 is 15.4 Å². The van der Waals surface area contributed by atoms with E-state index in [1.54, 1.807) is 13.3 Å². The van der Waals surface area contributed by atoms with Crippen LogP contribution in [0.25, 0.3) is 0 Å². The third kappa shape index (κ3) is 1.80. The average molecular weight is 193 g/mol. The summed E-state index contributed by atoms with van der Waals surface area (Å²) in [4.78, 5) is 6.24. The molecule has 14 heavy (non-hydrogen) atoms. The van der Waals surface area contributed by atoms with E-state index < -0.39 is 0 Å². The molecule has 0 amide bonds. The third-order valence-electron chi connectivity index (χ3n) is 2.61. The van der Waals surface area contributed by atoms with Crippen molar-refractivity contribution in [3.8, 4) is 0 Å². The lowest BCUT2D eigenvalue weighted by Gasteiger charge is -2.18. The molecule has 0 aromatic carbocycles. The third-order valence-corrected chi connectivity index (χ3v) is 2.61. The van der Waals surface area contributed by atoms with Crippen molar-refractivity contribution in [2.75, 3.05) is 30.8 Å². The number of ether oxygens (including phenoxy) is 1. The van der Waals surface area contributed by atoms with Gasteiger partial charge in [-0.15, -0.1) is 0 Å². The van der Waals surface area contributed by atoms with E-state index in [1.165, 1.54) is 0 Å². The molecule has 1 atom stereocenters. The second-order valence-electron chi connectivity index (χ2n) is 3.53. The Hall–Kier alpha value is -1.29. The van der Waals surface area contributed by atoms with E-state index in [9.17, 15) is 0 Å². The molecule has 1 aromatic heterocycles. The first kappa shape index (κ1) is 9.27. The highest BCUT2D eigenvalue weighted by molar-refractivity contribution is 5.52. The molecule has 1 unspecified atom stereocenters. The van der Waals surface area contributed by atoms with Crippen LogP contribution in [0.3, 0.4) is 0 Å². The van der Waals surface area contributed by atoms with E-state index in [1.807, 2.05) is 12.1 Å². The van der Waals surface area contributed by atoms with Crippen LogP contribution in [0.1, 0.15) is 6.42 Å². The zero-order chi connectivity index (χ0) is 9.97. The number of hydrogen-bond acceptors (Lipinski definition) is 4. The molecule has 1 fully saturated rings. The van der Waals surface area contributed by atoms with Gasteiger partial charge in [-0.3, -0.25) is 0 Å². The Morgan fingerprint density at radius 2 is 2.50 bits per heavy atom. The van der Waals surface area contributed by atoms with Gasteiger partial charge in [-0.05, 0) is 12.5 Å². The molecule has 1 aliphatic heterocycles. The van der Waals surface area contributed by atoms with Crippen LogP contribution in [0, 0.1) is 0 Å². The normalized spacial score (nSPS) is 21.5. The summed E-state index contributed by atoms with van der Waals surface area (Å²) in [6, 6.07) is 3.88. The molecule has 1 aromatic rings. The first-order valence-electron chi connectivity index (χ1n) is 4.79. The second-order valence-corrected chi connectivity index (χ2v) is 3.53. The summed E-state index contributed by atoms with van der Waals surface area (Å²) in [5.41, 5.74) is 6.76. The van der Waals surface area contributed by atoms with Crippen LogP contribution in [0.2, 0.25) is 0 Å². The average Bonchev–Trinajstić information content (AvgIpc) is 2.66. The van der Waals surface area contributed by atoms with Crippen molar-refractivity contribution in [3.05, 3.63) is 18.3 Å². The summed E-state index contributed by atoms with van der Waals surface area (Å²) < 4.78 is 5.30. The lowest BCUT2D eigenvalue weighted by molar-refractivity contribution is 0.121. The molecule has 2 heterocycles. The van der Waals surface area contributed by atoms with Gasteiger partial charge in [-0.2, -0.15) is 0 Å². The standard InChI is InChI=1S/C10H15N3O/c1-14-9-3-5-13(7-9)8-2-4-12-10(11)6-8/h2,4,6,9H,3,5,7H2,1H3,(H2,11,12). The van der Waals surface area contributed by atoms with Crippen molar-refractivity contribution < 1.29 is 4.74 Å². The topological polar surface area (TPSA) is 51.4 Å². The van der Waals surface area contributed by atoms with Gasteiger partial charge >= 0.3 is 0 Å². The van der Waals surface area contributed by atoms with E-state index in [2.05, 4.69) is 9.88 Å². The number of anilines is 2. The molecule has 0 saturated carbocycles. The van der Waals surface area contributed by atoms with Crippen LogP contribution in [0.5, 0.6) is 0 Å². The molecule has 0 aliphatic carbocycles. The molecule has 4 heteroatoms. The zero-order valence-corrected chi connectivity index (χ0v) is 8.31. The minimum atomic E-state index is 0.351. The lowest BCUT2D eigenvalue weighted by atomic mass is 10.3. The van der Waals surface area contributed by atoms with Gasteiger partial charge in [0.2, 0.25) is 0 Å². The number of rotatable bonds is 2. The molecule has 4 nitrogen and oxygen atoms in total. The van der Waals surface area contributed by atoms with Crippen LogP contribution < -0.4 is 10.6 Å². The maximum absolute atomic E-state index is 5.62. The van der Waals surface area contributed by atoms with Crippen LogP contribution in [0.4, 0.5) is 11.5 Å². The first-order chi connectivity index (χ1) is 6.79. The predicted molar refractivity (Wildman–Crippen MR) is 56.3 cm³/mol. The van der Waals surface area contributed by atoms with Crippen molar-refractivity contribution in [1.29, 1.82) is 0 Å². The fourth-order valence-electron chi connectivity index (χ4n) is 1.79. The molecule has 0 radical (unpaired) electrons. The van der Waals surface area contributed by atoms with Crippen LogP contribution >= 0.6 is 0 Å². The lowest BCUT2D eigenvalue weighted by Crippen LogP contribution is -2.22. The highest BCUT2D eigenvalue weighted by atomic mass is 16.5. The van der Waals surface area contributed by atoms with E-state index >= 15 is 0 Å². The van der Waals surface area contributed by atoms with Crippen molar-refractivity contribution in [2.24, 2.45) is 0 Å². The SMILES string of the molecule is COC1CCN(c2ccnc(N)c2)C1. The monoisotopic (exact) mass is 193 g/mol. The molecule has 1 aliphatic rings. The van der Waals surface area contributed by atoms with Gasteiger partial charge in [0, 0.05) is 38.1 Å². The number of methoxy groups -OCH3 is 1. The summed E-state index contributed by atoms with van der Waals surface area (Å²) >= 11 is 0. The summed E-state index contributed by atoms with van der Waals surface area (Å²) in [5.74, 6) is 0.573. The number of nitrogens with zero attached hydrogens (tertiary/aromatic N) is 2. The molecule has 2 N–H and O–H groups in total. The van der Waals surface area contributed by atoms with Crippen molar-refractivity contribution >= 4 is 11.5 Å². The Kier molecular flexibility index (Phi) is 2.54. The minimum absolute atomic E-state index is 0.351. The maximum atomic E-state index is 5.62. The molecule has 0 bridgehead atoms. The highest BCUT2D eigenvalue weighted by Gasteiger charge is 2.22. The van der Waals surface area contributed by atoms with Gasteiger partial charge in [-0.1, -0.05) is 0 Å². The highest BCUT2D eigenvalue weighted by Crippen LogP contribution is 2.21. The number of nitrogens with two attached hydrogens (primary N) is 1. The minimum Gasteiger partial charge on any atom is -0.384 e. The Balaban J connectivity index is 2.09. The number of nitrogen functional groups attached to an aromatic ring is 1. The summed E-state index contributed by atoms with van der Waals surface area (Å²) in [7, 11) is 1.76. The van der Waals surface area contributed by atoms with Crippen LogP contribution in [-0.4, -0.2) is 31.3 Å². The molecule has 0 spiro atoms. The number of hydrogen-bond donors (Lipinski definition) is 1. The zero-order valence-electron chi connectivity index (χ0n) is 8.31. The van der Waals surface area contributed by atoms with Gasteiger partial charge in [0.25, 0.3) is 0 Å². The van der Waals surface area contributed by atoms with Crippen molar-refractivity contribution in [1.82, 2.24) is 4.98 Å². The van der Waals surface area contributed by atoms with Gasteiger partial charge in [0.1, 0.15) is 5.82 Å². The summed E-state index contributed by atoms with van der Waals surface area (Å²) in [6.07, 6.45) is 3.17. The largest absolute Gasteiger partial charge is 0.384 e. The van der Waals surface area contributed by atoms with Crippen molar-refractivity contribution in [2.45, 2.75) is 12.5 Å². The second kappa shape index (κ2) is 3.84. The van der Waals surface area contributed by atoms with Gasteiger partial charge in [0.05, 0.1) is 6.10 Å². The number of pyridine rings is 1. The van der Waals surface area contributed by atoms with E-state index in [-0.39, 0.29) is 0 Å². The Morgan fingerprint density at radius 3 is 3.14 bits per heavy atom. The first-order valence-corrected chi connectivity index (χ1v) is 4.79. The number of aromatic nitrogens is 1. The maximum Gasteiger partial charge on any atom is 0.125 e. The molecular weight excluding hydrogens is 178 g/mol. The summed E-state index contributed by atoms with van der Waals surface area (Å²) in [5, 5.41) is 0. The van der Waals surface area contributed by atoms with Gasteiger partial charge in [0.15, 0.2) is 0 Å². The Labute approximate surface area is 83.7 Å². The van der Waals surface area contributed by atoms with Crippen molar-refractivity contribution in [3.63, 3.8) is 0 Å². The fraction of sp³-hybridized carbons (Fsp3) is 0.500. The van der Waals surface area contributed by atoms with Gasteiger partial charge in [-0.25, -0.2) is 4.98 Å². The Morgan fingerprint density at radius 1 is 1.64 bits per heavy atom. The molecular formula is C10H15N3O. The predicted octanol–water partition coefficient (Wildman–Crippen LogP) is 0.889. The molecule has 1 saturated heterocycles. The smallest absolute Gasteiger partial charge is 0.125 e. The Bertz CT molecular complexity index is 316. The van der Waals surface area contributed by atoms with Crippen LogP contribution in [-0.2, 0) is 4.74 Å². The van der Waals surface area contributed by atoms with E-state index in [0.717, 1.165) is 25.2 Å². The van der Waals surface area contributed by atoms with E-state index in [4.69, 9.17) is 10.5 Å². The van der Waals surface area contributed by atoms with E-state index in [0.29, 0.717) is 11.9 Å².